The maximum absolute atomic E-state index is 17.1. The molecule has 2 bridgehead atoms. The average Bonchev–Trinajstić information content (AvgIpc) is 3.54. The maximum Gasteiger partial charge on any atom is 0.226 e. The van der Waals surface area contributed by atoms with Gasteiger partial charge in [0.2, 0.25) is 5.91 Å². The van der Waals surface area contributed by atoms with Gasteiger partial charge in [0.05, 0.1) is 45.5 Å². The summed E-state index contributed by atoms with van der Waals surface area (Å²) >= 11 is 13.1. The topological polar surface area (TPSA) is 105 Å². The van der Waals surface area contributed by atoms with Crippen LogP contribution in [0.3, 0.4) is 0 Å². The first kappa shape index (κ1) is 31.0. The lowest BCUT2D eigenvalue weighted by Crippen LogP contribution is -2.41. The summed E-state index contributed by atoms with van der Waals surface area (Å²) in [7, 11) is 0. The van der Waals surface area contributed by atoms with Gasteiger partial charge in [0.1, 0.15) is 5.52 Å². The maximum atomic E-state index is 17.1. The quantitative estimate of drug-likeness (QED) is 0.190. The molecule has 6 heterocycles. The average molecular weight is 698 g/mol. The Hall–Kier alpha value is -4.04. The van der Waals surface area contributed by atoms with Crippen LogP contribution in [0.15, 0.2) is 36.5 Å². The Morgan fingerprint density at radius 3 is 2.69 bits per heavy atom. The van der Waals surface area contributed by atoms with E-state index in [1.54, 1.807) is 18.2 Å². The summed E-state index contributed by atoms with van der Waals surface area (Å²) in [6.07, 6.45) is 6.14. The first-order valence-corrected chi connectivity index (χ1v) is 17.9. The van der Waals surface area contributed by atoms with E-state index >= 15 is 4.39 Å². The molecule has 2 saturated carbocycles. The number of fused-ring (bicyclic) bond motifs is 4. The van der Waals surface area contributed by atoms with Gasteiger partial charge in [-0.25, -0.2) is 14.1 Å². The number of pyridine rings is 1. The molecule has 12 heteroatoms. The summed E-state index contributed by atoms with van der Waals surface area (Å²) in [4.78, 5) is 20.9. The van der Waals surface area contributed by atoms with Gasteiger partial charge in [-0.2, -0.15) is 5.26 Å². The van der Waals surface area contributed by atoms with Gasteiger partial charge in [-0.15, -0.1) is 5.10 Å². The molecule has 5 aliphatic rings. The van der Waals surface area contributed by atoms with Crippen molar-refractivity contribution in [3.63, 3.8) is 0 Å². The fraction of sp³-hybridized carbons (Fsp3) is 0.432. The largest absolute Gasteiger partial charge is 0.337 e. The van der Waals surface area contributed by atoms with Gasteiger partial charge in [0.15, 0.2) is 5.82 Å². The Morgan fingerprint density at radius 2 is 2.00 bits per heavy atom. The molecule has 9 nitrogen and oxygen atoms in total. The third kappa shape index (κ3) is 4.80. The van der Waals surface area contributed by atoms with E-state index in [0.29, 0.717) is 52.4 Å². The van der Waals surface area contributed by atoms with E-state index in [4.69, 9.17) is 28.2 Å². The number of aryl methyl sites for hydroxylation is 3. The lowest BCUT2D eigenvalue weighted by atomic mass is 9.79. The highest BCUT2D eigenvalue weighted by Crippen LogP contribution is 2.52. The van der Waals surface area contributed by atoms with Crippen LogP contribution in [0.25, 0.3) is 32.9 Å². The standard InChI is InChI=1S/C37H35Cl2FN8O/c1-18-16-47(45-44-18)23-13-29(46(17-23)37(49)20-8-9-20)30-14-25-19(2)43-34-26(36(25)48(30)35-22-12-28(35)42-15-22)11-21(5-4-10-41)31(33(34)40)24-6-3-7-27(38)32(24)39/h3,6-7,11,14,16,20,22-23,28-29,35,42H,4-5,8-9,12-13,15,17H2,1-2H3/t22?,23-,28?,29+,35-/m0/s1. The predicted molar refractivity (Wildman–Crippen MR) is 186 cm³/mol. The predicted octanol–water partition coefficient (Wildman–Crippen LogP) is 7.42. The number of nitrogens with one attached hydrogen (secondary N) is 1. The van der Waals surface area contributed by atoms with E-state index in [2.05, 4.69) is 37.2 Å². The molecular formula is C37H35Cl2FN8O. The number of carbonyl (C=O) groups excluding carboxylic acids is 1. The van der Waals surface area contributed by atoms with E-state index < -0.39 is 5.82 Å². The molecule has 0 radical (unpaired) electrons. The highest BCUT2D eigenvalue weighted by atomic mass is 35.5. The van der Waals surface area contributed by atoms with Crippen molar-refractivity contribution < 1.29 is 9.18 Å². The second-order valence-corrected chi connectivity index (χ2v) is 15.1. The van der Waals surface area contributed by atoms with Crippen LogP contribution in [-0.2, 0) is 11.2 Å². The fourth-order valence-electron chi connectivity index (χ4n) is 8.74. The van der Waals surface area contributed by atoms with E-state index in [1.807, 2.05) is 30.8 Å². The van der Waals surface area contributed by atoms with Gasteiger partial charge >= 0.3 is 0 Å². The van der Waals surface area contributed by atoms with Crippen molar-refractivity contribution in [2.75, 3.05) is 13.1 Å². The zero-order valence-corrected chi connectivity index (χ0v) is 28.8. The number of aromatic nitrogens is 5. The molecule has 2 unspecified atom stereocenters. The minimum Gasteiger partial charge on any atom is -0.337 e. The van der Waals surface area contributed by atoms with Gasteiger partial charge in [0, 0.05) is 71.0 Å². The third-order valence-electron chi connectivity index (χ3n) is 11.3. The van der Waals surface area contributed by atoms with Crippen molar-refractivity contribution in [1.82, 2.24) is 34.8 Å². The van der Waals surface area contributed by atoms with Crippen LogP contribution in [0.1, 0.15) is 72.9 Å². The smallest absolute Gasteiger partial charge is 0.226 e. The molecule has 1 N–H and O–H groups in total. The minimum absolute atomic E-state index is 0.00685. The number of nitrogens with zero attached hydrogens (tertiary/aromatic N) is 7. The van der Waals surface area contributed by atoms with Crippen LogP contribution < -0.4 is 5.32 Å². The number of amides is 1. The van der Waals surface area contributed by atoms with Gasteiger partial charge in [-0.05, 0) is 75.6 Å². The molecule has 5 aromatic rings. The zero-order chi connectivity index (χ0) is 33.7. The number of rotatable bonds is 7. The van der Waals surface area contributed by atoms with Gasteiger partial charge in [-0.3, -0.25) is 4.79 Å². The second kappa shape index (κ2) is 11.5. The van der Waals surface area contributed by atoms with Crippen molar-refractivity contribution in [3.05, 3.63) is 75.0 Å². The fourth-order valence-corrected chi connectivity index (χ4v) is 9.13. The first-order valence-electron chi connectivity index (χ1n) is 17.1. The molecule has 5 fully saturated rings. The molecule has 3 aromatic heterocycles. The molecule has 49 heavy (non-hydrogen) atoms. The number of nitriles is 1. The van der Waals surface area contributed by atoms with Crippen LogP contribution in [0.2, 0.25) is 10.0 Å². The van der Waals surface area contributed by atoms with Crippen LogP contribution in [-0.4, -0.2) is 54.5 Å². The molecule has 3 saturated heterocycles. The molecule has 3 aliphatic heterocycles. The number of benzene rings is 2. The normalized spacial score (nSPS) is 24.6. The van der Waals surface area contributed by atoms with E-state index in [1.165, 1.54) is 0 Å². The van der Waals surface area contributed by atoms with Gasteiger partial charge < -0.3 is 14.8 Å². The third-order valence-corrected chi connectivity index (χ3v) is 12.1. The Bertz CT molecular complexity index is 2220. The second-order valence-electron chi connectivity index (χ2n) is 14.3. The van der Waals surface area contributed by atoms with Gasteiger partial charge in [0.25, 0.3) is 0 Å². The first-order chi connectivity index (χ1) is 23.7. The number of hydrogen-bond donors (Lipinski definition) is 1. The van der Waals surface area contributed by atoms with Crippen LogP contribution >= 0.6 is 23.2 Å². The van der Waals surface area contributed by atoms with Crippen molar-refractivity contribution in [2.24, 2.45) is 11.8 Å². The van der Waals surface area contributed by atoms with Crippen molar-refractivity contribution in [2.45, 2.75) is 76.5 Å². The molecule has 0 spiro atoms. The highest BCUT2D eigenvalue weighted by molar-refractivity contribution is 6.43. The summed E-state index contributed by atoms with van der Waals surface area (Å²) in [6.45, 7) is 5.35. The summed E-state index contributed by atoms with van der Waals surface area (Å²) in [5, 5.41) is 24.2. The zero-order valence-electron chi connectivity index (χ0n) is 27.3. The number of hydrogen-bond acceptors (Lipinski definition) is 6. The van der Waals surface area contributed by atoms with E-state index in [0.717, 1.165) is 53.8 Å². The summed E-state index contributed by atoms with van der Waals surface area (Å²) < 4.78 is 21.5. The number of halogens is 3. The van der Waals surface area contributed by atoms with Crippen LogP contribution in [0.5, 0.6) is 0 Å². The summed E-state index contributed by atoms with van der Waals surface area (Å²) in [5.41, 5.74) is 5.30. The summed E-state index contributed by atoms with van der Waals surface area (Å²) in [6, 6.07) is 11.9. The van der Waals surface area contributed by atoms with E-state index in [-0.39, 0.29) is 53.0 Å². The Balaban J connectivity index is 1.30. The van der Waals surface area contributed by atoms with E-state index in [9.17, 15) is 10.1 Å². The molecular weight excluding hydrogens is 662 g/mol. The van der Waals surface area contributed by atoms with Crippen molar-refractivity contribution in [3.8, 4) is 17.2 Å². The SMILES string of the molecule is Cc1cn([C@H]2C[C@H](c3cc4c(C)nc5c(F)c(-c6cccc(Cl)c6Cl)c(CCC#N)cc5c4n3[C@H]3C4CNC3C4)N(C(=O)C3CC3)C2)nn1. The molecule has 5 atom stereocenters. The Kier molecular flexibility index (Phi) is 7.28. The van der Waals surface area contributed by atoms with Crippen LogP contribution in [0, 0.1) is 42.8 Å². The van der Waals surface area contributed by atoms with Crippen LogP contribution in [0.4, 0.5) is 4.39 Å². The number of likely N-dealkylation sites (tertiary alicyclic amines) is 1. The Morgan fingerprint density at radius 1 is 1.16 bits per heavy atom. The summed E-state index contributed by atoms with van der Waals surface area (Å²) in [5.74, 6) is 0.217. The Labute approximate surface area is 293 Å². The highest BCUT2D eigenvalue weighted by Gasteiger charge is 2.51. The lowest BCUT2D eigenvalue weighted by molar-refractivity contribution is -0.133. The molecule has 10 rings (SSSR count). The van der Waals surface area contributed by atoms with Crippen molar-refractivity contribution >= 4 is 50.9 Å². The monoisotopic (exact) mass is 696 g/mol. The molecule has 2 aromatic carbocycles. The van der Waals surface area contributed by atoms with Crippen molar-refractivity contribution in [1.29, 1.82) is 5.26 Å². The van der Waals surface area contributed by atoms with Gasteiger partial charge in [-0.1, -0.05) is 40.5 Å². The minimum atomic E-state index is -0.475. The molecule has 1 amide bonds. The number of carbonyl (C=O) groups is 1. The lowest BCUT2D eigenvalue weighted by Gasteiger charge is -2.39. The molecule has 2 aliphatic carbocycles. The molecule has 250 valence electrons.